The zero-order chi connectivity index (χ0) is 14.9. The van der Waals surface area contributed by atoms with Gasteiger partial charge in [0, 0.05) is 29.8 Å². The lowest BCUT2D eigenvalue weighted by Crippen LogP contribution is -2.15. The fraction of sp³-hybridized carbons (Fsp3) is 0.333. The first kappa shape index (κ1) is 14.2. The van der Waals surface area contributed by atoms with E-state index in [2.05, 4.69) is 5.10 Å². The maximum absolute atomic E-state index is 14.3. The number of amides is 1. The van der Waals surface area contributed by atoms with Gasteiger partial charge in [-0.25, -0.2) is 4.39 Å². The average molecular weight is 275 g/mol. The van der Waals surface area contributed by atoms with E-state index in [0.29, 0.717) is 17.7 Å². The lowest BCUT2D eigenvalue weighted by Gasteiger charge is -2.07. The third-order valence-corrected chi connectivity index (χ3v) is 3.41. The van der Waals surface area contributed by atoms with Gasteiger partial charge in [0.15, 0.2) is 0 Å². The monoisotopic (exact) mass is 275 g/mol. The van der Waals surface area contributed by atoms with Crippen LogP contribution in [0, 0.1) is 26.6 Å². The molecule has 20 heavy (non-hydrogen) atoms. The van der Waals surface area contributed by atoms with E-state index in [1.807, 2.05) is 19.9 Å². The number of carbonyl (C=O) groups excluding carboxylic acids is 1. The Morgan fingerprint density at radius 3 is 2.70 bits per heavy atom. The van der Waals surface area contributed by atoms with Gasteiger partial charge in [-0.15, -0.1) is 0 Å². The van der Waals surface area contributed by atoms with Crippen molar-refractivity contribution in [3.05, 3.63) is 41.0 Å². The van der Waals surface area contributed by atoms with E-state index in [4.69, 9.17) is 5.73 Å². The smallest absolute Gasteiger partial charge is 0.219 e. The molecule has 1 aromatic heterocycles. The molecule has 0 radical (unpaired) electrons. The molecule has 106 valence electrons. The van der Waals surface area contributed by atoms with E-state index in [1.165, 1.54) is 0 Å². The fourth-order valence-electron chi connectivity index (χ4n) is 2.36. The van der Waals surface area contributed by atoms with Crippen LogP contribution in [0.3, 0.4) is 0 Å². The maximum Gasteiger partial charge on any atom is 0.219 e. The molecule has 0 spiro atoms. The molecule has 0 fully saturated rings. The fourth-order valence-corrected chi connectivity index (χ4v) is 2.36. The highest BCUT2D eigenvalue weighted by Crippen LogP contribution is 2.30. The van der Waals surface area contributed by atoms with E-state index in [-0.39, 0.29) is 18.1 Å². The van der Waals surface area contributed by atoms with Crippen LogP contribution in [0.5, 0.6) is 0 Å². The zero-order valence-electron chi connectivity index (χ0n) is 11.9. The van der Waals surface area contributed by atoms with Crippen LogP contribution in [0.2, 0.25) is 0 Å². The molecular weight excluding hydrogens is 257 g/mol. The van der Waals surface area contributed by atoms with Crippen molar-refractivity contribution in [1.82, 2.24) is 9.78 Å². The van der Waals surface area contributed by atoms with Crippen molar-refractivity contribution in [2.45, 2.75) is 33.7 Å². The van der Waals surface area contributed by atoms with Crippen LogP contribution in [-0.2, 0) is 11.3 Å². The van der Waals surface area contributed by atoms with Crippen LogP contribution in [0.1, 0.15) is 23.4 Å². The van der Waals surface area contributed by atoms with Crippen LogP contribution in [0.4, 0.5) is 4.39 Å². The summed E-state index contributed by atoms with van der Waals surface area (Å²) in [5.41, 5.74) is 8.68. The van der Waals surface area contributed by atoms with Crippen LogP contribution in [0.15, 0.2) is 18.2 Å². The van der Waals surface area contributed by atoms with Gasteiger partial charge in [-0.2, -0.15) is 5.10 Å². The second-order valence-corrected chi connectivity index (χ2v) is 4.92. The van der Waals surface area contributed by atoms with Crippen LogP contribution < -0.4 is 5.73 Å². The number of primary amides is 1. The van der Waals surface area contributed by atoms with E-state index in [0.717, 1.165) is 17.0 Å². The standard InChI is InChI=1S/C15H18FN3O/c1-9-5-4-6-12(15(9)16)14-10(2)18-19(11(14)3)8-7-13(17)20/h4-6H,7-8H2,1-3H3,(H2,17,20). The molecule has 0 saturated carbocycles. The van der Waals surface area contributed by atoms with E-state index < -0.39 is 0 Å². The van der Waals surface area contributed by atoms with Crippen LogP contribution >= 0.6 is 0 Å². The number of aromatic nitrogens is 2. The second kappa shape index (κ2) is 5.45. The van der Waals surface area contributed by atoms with Gasteiger partial charge in [-0.3, -0.25) is 9.48 Å². The number of nitrogens with two attached hydrogens (primary N) is 1. The molecule has 2 rings (SSSR count). The molecule has 5 heteroatoms. The Kier molecular flexibility index (Phi) is 3.88. The molecule has 2 aromatic rings. The van der Waals surface area contributed by atoms with Gasteiger partial charge >= 0.3 is 0 Å². The van der Waals surface area contributed by atoms with Crippen molar-refractivity contribution < 1.29 is 9.18 Å². The summed E-state index contributed by atoms with van der Waals surface area (Å²) in [6, 6.07) is 5.31. The summed E-state index contributed by atoms with van der Waals surface area (Å²) < 4.78 is 16.0. The molecule has 0 aliphatic carbocycles. The quantitative estimate of drug-likeness (QED) is 0.931. The molecule has 0 unspecified atom stereocenters. The minimum atomic E-state index is -0.374. The Bertz CT molecular complexity index is 661. The predicted octanol–water partition coefficient (Wildman–Crippen LogP) is 2.49. The Balaban J connectivity index is 2.47. The molecular formula is C15H18FN3O. The van der Waals surface area contributed by atoms with Crippen molar-refractivity contribution in [1.29, 1.82) is 0 Å². The Labute approximate surface area is 117 Å². The number of hydrogen-bond donors (Lipinski definition) is 1. The summed E-state index contributed by atoms with van der Waals surface area (Å²) in [5, 5.41) is 4.37. The minimum Gasteiger partial charge on any atom is -0.370 e. The minimum absolute atomic E-state index is 0.220. The summed E-state index contributed by atoms with van der Waals surface area (Å²) in [6.45, 7) is 5.86. The molecule has 0 aliphatic heterocycles. The van der Waals surface area contributed by atoms with Crippen molar-refractivity contribution in [3.8, 4) is 11.1 Å². The summed E-state index contributed by atoms with van der Waals surface area (Å²) in [4.78, 5) is 10.9. The van der Waals surface area contributed by atoms with Gasteiger partial charge in [0.2, 0.25) is 5.91 Å². The first-order valence-electron chi connectivity index (χ1n) is 6.49. The molecule has 0 aliphatic rings. The second-order valence-electron chi connectivity index (χ2n) is 4.92. The van der Waals surface area contributed by atoms with Crippen molar-refractivity contribution in [2.24, 2.45) is 5.73 Å². The van der Waals surface area contributed by atoms with Crippen molar-refractivity contribution in [2.75, 3.05) is 0 Å². The largest absolute Gasteiger partial charge is 0.370 e. The number of benzene rings is 1. The predicted molar refractivity (Wildman–Crippen MR) is 75.6 cm³/mol. The molecule has 1 heterocycles. The van der Waals surface area contributed by atoms with Crippen LogP contribution in [-0.4, -0.2) is 15.7 Å². The number of rotatable bonds is 4. The highest BCUT2D eigenvalue weighted by atomic mass is 19.1. The number of halogens is 1. The number of carbonyl (C=O) groups is 1. The van der Waals surface area contributed by atoms with Gasteiger partial charge in [0.25, 0.3) is 0 Å². The van der Waals surface area contributed by atoms with Crippen molar-refractivity contribution >= 4 is 5.91 Å². The molecule has 0 atom stereocenters. The van der Waals surface area contributed by atoms with E-state index in [9.17, 15) is 9.18 Å². The van der Waals surface area contributed by atoms with Gasteiger partial charge in [0.05, 0.1) is 5.69 Å². The summed E-state index contributed by atoms with van der Waals surface area (Å²) in [7, 11) is 0. The number of nitrogens with zero attached hydrogens (tertiary/aromatic N) is 2. The first-order valence-corrected chi connectivity index (χ1v) is 6.49. The van der Waals surface area contributed by atoms with Crippen molar-refractivity contribution in [3.63, 3.8) is 0 Å². The number of hydrogen-bond acceptors (Lipinski definition) is 2. The van der Waals surface area contributed by atoms with E-state index >= 15 is 0 Å². The molecule has 0 saturated heterocycles. The third-order valence-electron chi connectivity index (χ3n) is 3.41. The summed E-state index contributed by atoms with van der Waals surface area (Å²) in [6.07, 6.45) is 0.220. The normalized spacial score (nSPS) is 10.8. The Morgan fingerprint density at radius 2 is 2.05 bits per heavy atom. The van der Waals surface area contributed by atoms with Gasteiger partial charge in [-0.05, 0) is 26.3 Å². The van der Waals surface area contributed by atoms with E-state index in [1.54, 1.807) is 23.7 Å². The highest BCUT2D eigenvalue weighted by Gasteiger charge is 2.17. The highest BCUT2D eigenvalue weighted by molar-refractivity contribution is 5.74. The lowest BCUT2D eigenvalue weighted by molar-refractivity contribution is -0.118. The molecule has 4 nitrogen and oxygen atoms in total. The van der Waals surface area contributed by atoms with Gasteiger partial charge in [0.1, 0.15) is 5.82 Å². The molecule has 1 aromatic carbocycles. The lowest BCUT2D eigenvalue weighted by atomic mass is 10.0. The summed E-state index contributed by atoms with van der Waals surface area (Å²) >= 11 is 0. The molecule has 1 amide bonds. The van der Waals surface area contributed by atoms with Gasteiger partial charge in [-0.1, -0.05) is 18.2 Å². The first-order chi connectivity index (χ1) is 9.41. The summed E-state index contributed by atoms with van der Waals surface area (Å²) in [5.74, 6) is -0.603. The molecule has 0 bridgehead atoms. The van der Waals surface area contributed by atoms with Crippen LogP contribution in [0.25, 0.3) is 11.1 Å². The molecule has 2 N–H and O–H groups in total. The number of aryl methyl sites for hydroxylation is 3. The average Bonchev–Trinajstić information content (AvgIpc) is 2.66. The Hall–Kier alpha value is -2.17. The SMILES string of the molecule is Cc1cccc(-c2c(C)nn(CCC(N)=O)c2C)c1F. The topological polar surface area (TPSA) is 60.9 Å². The third kappa shape index (κ3) is 2.57. The van der Waals surface area contributed by atoms with Gasteiger partial charge < -0.3 is 5.73 Å². The Morgan fingerprint density at radius 1 is 1.35 bits per heavy atom. The zero-order valence-corrected chi connectivity index (χ0v) is 11.9. The maximum atomic E-state index is 14.3.